The summed E-state index contributed by atoms with van der Waals surface area (Å²) in [5, 5.41) is 6.78. The number of fused-ring (bicyclic) bond motifs is 1. The largest absolute Gasteiger partial charge is 0.451 e. The van der Waals surface area contributed by atoms with Gasteiger partial charge in [-0.25, -0.2) is 0 Å². The van der Waals surface area contributed by atoms with Crippen LogP contribution in [0.2, 0.25) is 0 Å². The van der Waals surface area contributed by atoms with Gasteiger partial charge >= 0.3 is 0 Å². The number of aromatic nitrogens is 1. The zero-order valence-electron chi connectivity index (χ0n) is 16.2. The molecule has 0 spiro atoms. The summed E-state index contributed by atoms with van der Waals surface area (Å²) >= 11 is 0. The average molecular weight is 379 g/mol. The van der Waals surface area contributed by atoms with Crippen LogP contribution in [0.5, 0.6) is 0 Å². The summed E-state index contributed by atoms with van der Waals surface area (Å²) in [6, 6.07) is 11.3. The van der Waals surface area contributed by atoms with E-state index in [0.717, 1.165) is 16.5 Å². The van der Waals surface area contributed by atoms with E-state index in [-0.39, 0.29) is 17.9 Å². The highest BCUT2D eigenvalue weighted by molar-refractivity contribution is 5.99. The molecule has 0 fully saturated rings. The smallest absolute Gasteiger partial charge is 0.287 e. The summed E-state index contributed by atoms with van der Waals surface area (Å²) in [5.74, 6) is 0.105. The van der Waals surface area contributed by atoms with Gasteiger partial charge in [0.05, 0.1) is 0 Å². The Morgan fingerprint density at radius 1 is 1.18 bits per heavy atom. The molecule has 0 bridgehead atoms. The number of hydrogen-bond donors (Lipinski definition) is 2. The van der Waals surface area contributed by atoms with Crippen molar-refractivity contribution in [1.29, 1.82) is 0 Å². The van der Waals surface area contributed by atoms with Gasteiger partial charge in [0.25, 0.3) is 5.91 Å². The number of aryl methyl sites for hydroxylation is 2. The number of nitrogens with one attached hydrogen (secondary N) is 2. The fraction of sp³-hybridized carbons (Fsp3) is 0.318. The lowest BCUT2D eigenvalue weighted by atomic mass is 10.1. The van der Waals surface area contributed by atoms with Crippen LogP contribution in [0.4, 0.5) is 0 Å². The molecule has 2 aromatic heterocycles. The second kappa shape index (κ2) is 9.17. The Kier molecular flexibility index (Phi) is 6.42. The molecule has 2 N–H and O–H groups in total. The average Bonchev–Trinajstić information content (AvgIpc) is 3.04. The van der Waals surface area contributed by atoms with Gasteiger partial charge in [-0.15, -0.1) is 0 Å². The molecule has 1 aromatic carbocycles. The lowest BCUT2D eigenvalue weighted by Crippen LogP contribution is -2.36. The molecule has 0 saturated heterocycles. The Labute approximate surface area is 164 Å². The fourth-order valence-corrected chi connectivity index (χ4v) is 3.07. The monoisotopic (exact) mass is 379 g/mol. The van der Waals surface area contributed by atoms with E-state index in [1.54, 1.807) is 12.4 Å². The van der Waals surface area contributed by atoms with Gasteiger partial charge < -0.3 is 15.1 Å². The lowest BCUT2D eigenvalue weighted by molar-refractivity contribution is -0.121. The SMILES string of the molecule is Cc1c(C(=O)N[C@@H](C)CCNC(=O)CCc2cccnc2)oc2ccccc12. The predicted octanol–water partition coefficient (Wildman–Crippen LogP) is 3.39. The topological polar surface area (TPSA) is 84.2 Å². The van der Waals surface area contributed by atoms with Crippen molar-refractivity contribution in [2.75, 3.05) is 6.54 Å². The van der Waals surface area contributed by atoms with Gasteiger partial charge in [-0.3, -0.25) is 14.6 Å². The molecule has 6 heteroatoms. The molecular weight excluding hydrogens is 354 g/mol. The fourth-order valence-electron chi connectivity index (χ4n) is 3.07. The van der Waals surface area contributed by atoms with Gasteiger partial charge in [0.2, 0.25) is 5.91 Å². The molecule has 0 aliphatic heterocycles. The first-order valence-corrected chi connectivity index (χ1v) is 9.49. The maximum absolute atomic E-state index is 12.5. The van der Waals surface area contributed by atoms with E-state index in [2.05, 4.69) is 15.6 Å². The van der Waals surface area contributed by atoms with Crippen LogP contribution in [0.15, 0.2) is 53.2 Å². The summed E-state index contributed by atoms with van der Waals surface area (Å²) in [5.41, 5.74) is 2.59. The Bertz CT molecular complexity index is 950. The minimum absolute atomic E-state index is 0.00416. The van der Waals surface area contributed by atoms with Crippen LogP contribution in [-0.2, 0) is 11.2 Å². The Morgan fingerprint density at radius 2 is 2.00 bits per heavy atom. The molecule has 0 aliphatic carbocycles. The van der Waals surface area contributed by atoms with E-state index in [4.69, 9.17) is 4.42 Å². The Morgan fingerprint density at radius 3 is 2.75 bits per heavy atom. The van der Waals surface area contributed by atoms with Crippen molar-refractivity contribution in [3.63, 3.8) is 0 Å². The van der Waals surface area contributed by atoms with Crippen molar-refractivity contribution in [3.8, 4) is 0 Å². The second-order valence-electron chi connectivity index (χ2n) is 6.93. The van der Waals surface area contributed by atoms with Crippen LogP contribution < -0.4 is 10.6 Å². The third-order valence-electron chi connectivity index (χ3n) is 4.69. The van der Waals surface area contributed by atoms with E-state index in [0.29, 0.717) is 37.2 Å². The van der Waals surface area contributed by atoms with Crippen LogP contribution >= 0.6 is 0 Å². The standard InChI is InChI=1S/C22H25N3O3/c1-15(11-13-24-20(26)10-9-17-6-5-12-23-14-17)25-22(27)21-16(2)18-7-3-4-8-19(18)28-21/h3-8,12,14-15H,9-11,13H2,1-2H3,(H,24,26)(H,25,27)/t15-/m0/s1. The van der Waals surface area contributed by atoms with Gasteiger partial charge in [0, 0.05) is 42.4 Å². The summed E-state index contributed by atoms with van der Waals surface area (Å²) in [6.07, 6.45) is 5.21. The first-order valence-electron chi connectivity index (χ1n) is 9.49. The first kappa shape index (κ1) is 19.6. The number of carbonyl (C=O) groups is 2. The van der Waals surface area contributed by atoms with E-state index in [1.165, 1.54) is 0 Å². The molecule has 28 heavy (non-hydrogen) atoms. The number of amides is 2. The van der Waals surface area contributed by atoms with Crippen LogP contribution in [0.25, 0.3) is 11.0 Å². The number of pyridine rings is 1. The molecule has 2 heterocycles. The molecule has 146 valence electrons. The van der Waals surface area contributed by atoms with Crippen molar-refractivity contribution >= 4 is 22.8 Å². The summed E-state index contributed by atoms with van der Waals surface area (Å²) in [6.45, 7) is 4.30. The van der Waals surface area contributed by atoms with Crippen LogP contribution in [0.3, 0.4) is 0 Å². The maximum Gasteiger partial charge on any atom is 0.287 e. The molecule has 0 aliphatic rings. The number of rotatable bonds is 8. The highest BCUT2D eigenvalue weighted by Crippen LogP contribution is 2.24. The third kappa shape index (κ3) is 4.97. The Hall–Kier alpha value is -3.15. The zero-order valence-corrected chi connectivity index (χ0v) is 16.2. The third-order valence-corrected chi connectivity index (χ3v) is 4.69. The molecule has 3 aromatic rings. The molecule has 6 nitrogen and oxygen atoms in total. The molecule has 0 saturated carbocycles. The number of furan rings is 1. The quantitative estimate of drug-likeness (QED) is 0.628. The molecule has 0 unspecified atom stereocenters. The maximum atomic E-state index is 12.5. The number of para-hydroxylation sites is 1. The molecule has 0 radical (unpaired) electrons. The minimum Gasteiger partial charge on any atom is -0.451 e. The number of carbonyl (C=O) groups excluding carboxylic acids is 2. The van der Waals surface area contributed by atoms with Gasteiger partial charge in [-0.1, -0.05) is 24.3 Å². The highest BCUT2D eigenvalue weighted by atomic mass is 16.3. The van der Waals surface area contributed by atoms with Crippen molar-refractivity contribution < 1.29 is 14.0 Å². The van der Waals surface area contributed by atoms with E-state index >= 15 is 0 Å². The van der Waals surface area contributed by atoms with Gasteiger partial charge in [0.15, 0.2) is 5.76 Å². The number of hydrogen-bond acceptors (Lipinski definition) is 4. The molecule has 3 rings (SSSR count). The highest BCUT2D eigenvalue weighted by Gasteiger charge is 2.18. The van der Waals surface area contributed by atoms with Gasteiger partial charge in [0.1, 0.15) is 5.58 Å². The number of nitrogens with zero attached hydrogens (tertiary/aromatic N) is 1. The van der Waals surface area contributed by atoms with E-state index < -0.39 is 0 Å². The van der Waals surface area contributed by atoms with Crippen molar-refractivity contribution in [2.45, 2.75) is 39.2 Å². The first-order chi connectivity index (χ1) is 13.5. The summed E-state index contributed by atoms with van der Waals surface area (Å²) in [7, 11) is 0. The molecule has 2 amide bonds. The van der Waals surface area contributed by atoms with Crippen molar-refractivity contribution in [2.24, 2.45) is 0 Å². The normalized spacial score (nSPS) is 11.9. The minimum atomic E-state index is -0.232. The predicted molar refractivity (Wildman–Crippen MR) is 108 cm³/mol. The summed E-state index contributed by atoms with van der Waals surface area (Å²) < 4.78 is 5.69. The van der Waals surface area contributed by atoms with E-state index in [1.807, 2.05) is 50.2 Å². The summed E-state index contributed by atoms with van der Waals surface area (Å²) in [4.78, 5) is 28.5. The number of benzene rings is 1. The van der Waals surface area contributed by atoms with E-state index in [9.17, 15) is 9.59 Å². The lowest BCUT2D eigenvalue weighted by Gasteiger charge is -2.13. The zero-order chi connectivity index (χ0) is 19.9. The van der Waals surface area contributed by atoms with Gasteiger partial charge in [-0.05, 0) is 44.4 Å². The van der Waals surface area contributed by atoms with Crippen LogP contribution in [0.1, 0.15) is 41.4 Å². The van der Waals surface area contributed by atoms with Crippen molar-refractivity contribution in [1.82, 2.24) is 15.6 Å². The second-order valence-corrected chi connectivity index (χ2v) is 6.93. The van der Waals surface area contributed by atoms with Crippen LogP contribution in [-0.4, -0.2) is 29.4 Å². The molecular formula is C22H25N3O3. The van der Waals surface area contributed by atoms with Crippen molar-refractivity contribution in [3.05, 3.63) is 65.7 Å². The Balaban J connectivity index is 1.42. The van der Waals surface area contributed by atoms with Crippen LogP contribution in [0, 0.1) is 6.92 Å². The molecule has 1 atom stereocenters. The van der Waals surface area contributed by atoms with Gasteiger partial charge in [-0.2, -0.15) is 0 Å².